The van der Waals surface area contributed by atoms with Gasteiger partial charge in [-0.3, -0.25) is 0 Å². The zero-order valence-electron chi connectivity index (χ0n) is 13.9. The Kier molecular flexibility index (Phi) is 5.17. The third-order valence-electron chi connectivity index (χ3n) is 5.10. The molecule has 1 aliphatic carbocycles. The fraction of sp³-hybridized carbons (Fsp3) is 0.611. The number of hydrogen-bond donors (Lipinski definition) is 2. The van der Waals surface area contributed by atoms with E-state index in [0.717, 1.165) is 32.5 Å². The van der Waals surface area contributed by atoms with E-state index in [9.17, 15) is 4.79 Å². The lowest BCUT2D eigenvalue weighted by atomic mass is 9.99. The number of nitrogens with one attached hydrogen (secondary N) is 2. The van der Waals surface area contributed by atoms with Crippen molar-refractivity contribution in [3.05, 3.63) is 35.4 Å². The first-order valence-corrected chi connectivity index (χ1v) is 9.59. The molecule has 126 valence electrons. The van der Waals surface area contributed by atoms with Crippen molar-refractivity contribution in [3.63, 3.8) is 0 Å². The van der Waals surface area contributed by atoms with Crippen LogP contribution in [0.25, 0.3) is 0 Å². The molecule has 1 saturated heterocycles. The van der Waals surface area contributed by atoms with E-state index in [1.165, 1.54) is 11.1 Å². The molecule has 1 heterocycles. The molecule has 1 aliphatic heterocycles. The molecule has 1 aromatic carbocycles. The number of amides is 2. The van der Waals surface area contributed by atoms with Crippen LogP contribution in [-0.2, 0) is 4.74 Å². The Balaban J connectivity index is 1.46. The highest BCUT2D eigenvalue weighted by Gasteiger charge is 2.40. The Morgan fingerprint density at radius 3 is 2.78 bits per heavy atom. The summed E-state index contributed by atoms with van der Waals surface area (Å²) in [6, 6.07) is 8.68. The van der Waals surface area contributed by atoms with Crippen LogP contribution in [0.5, 0.6) is 0 Å². The van der Waals surface area contributed by atoms with Crippen LogP contribution in [0.15, 0.2) is 24.3 Å². The molecule has 4 nitrogen and oxygen atoms in total. The average molecular weight is 334 g/mol. The third-order valence-corrected chi connectivity index (χ3v) is 6.52. The topological polar surface area (TPSA) is 50.4 Å². The summed E-state index contributed by atoms with van der Waals surface area (Å²) < 4.78 is 5.57. The molecular formula is C18H26N2O2S. The zero-order valence-corrected chi connectivity index (χ0v) is 14.7. The number of hydrogen-bond acceptors (Lipinski definition) is 3. The number of carbonyl (C=O) groups excluding carboxylic acids is 1. The largest absolute Gasteiger partial charge is 0.381 e. The Bertz CT molecular complexity index is 558. The summed E-state index contributed by atoms with van der Waals surface area (Å²) >= 11 is 1.85. The van der Waals surface area contributed by atoms with Crippen molar-refractivity contribution in [2.24, 2.45) is 0 Å². The molecule has 0 radical (unpaired) electrons. The Hall–Kier alpha value is -1.20. The van der Waals surface area contributed by atoms with Crippen LogP contribution in [0.1, 0.15) is 36.3 Å². The molecule has 23 heavy (non-hydrogen) atoms. The van der Waals surface area contributed by atoms with Crippen LogP contribution in [0.4, 0.5) is 4.79 Å². The molecule has 2 amide bonds. The number of benzene rings is 1. The lowest BCUT2D eigenvalue weighted by Crippen LogP contribution is -2.47. The summed E-state index contributed by atoms with van der Waals surface area (Å²) in [5, 5.41) is 6.20. The molecule has 2 aliphatic rings. The first-order chi connectivity index (χ1) is 11.1. The van der Waals surface area contributed by atoms with E-state index >= 15 is 0 Å². The second-order valence-electron chi connectivity index (χ2n) is 6.63. The summed E-state index contributed by atoms with van der Waals surface area (Å²) in [5.41, 5.74) is 2.67. The molecule has 2 N–H and O–H groups in total. The van der Waals surface area contributed by atoms with Crippen molar-refractivity contribution < 1.29 is 9.53 Å². The number of aryl methyl sites for hydroxylation is 1. The predicted molar refractivity (Wildman–Crippen MR) is 95.2 cm³/mol. The molecule has 1 saturated carbocycles. The lowest BCUT2D eigenvalue weighted by molar-refractivity contribution is 0.0777. The first kappa shape index (κ1) is 16.7. The Labute approximate surface area is 142 Å². The van der Waals surface area contributed by atoms with E-state index in [1.807, 2.05) is 11.8 Å². The van der Waals surface area contributed by atoms with Crippen LogP contribution in [-0.4, -0.2) is 42.8 Å². The van der Waals surface area contributed by atoms with E-state index in [-0.39, 0.29) is 16.8 Å². The van der Waals surface area contributed by atoms with Gasteiger partial charge in [0.25, 0.3) is 0 Å². The van der Waals surface area contributed by atoms with Gasteiger partial charge in [0.2, 0.25) is 0 Å². The number of thioether (sulfide) groups is 1. The summed E-state index contributed by atoms with van der Waals surface area (Å²) in [4.78, 5) is 12.2. The van der Waals surface area contributed by atoms with Gasteiger partial charge in [0.05, 0.1) is 0 Å². The number of urea groups is 1. The van der Waals surface area contributed by atoms with Gasteiger partial charge in [0.1, 0.15) is 0 Å². The summed E-state index contributed by atoms with van der Waals surface area (Å²) in [5.74, 6) is 0.472. The fourth-order valence-electron chi connectivity index (χ4n) is 3.36. The first-order valence-electron chi connectivity index (χ1n) is 8.36. The monoisotopic (exact) mass is 334 g/mol. The second-order valence-corrected chi connectivity index (χ2v) is 7.91. The van der Waals surface area contributed by atoms with Crippen LogP contribution in [0.2, 0.25) is 0 Å². The van der Waals surface area contributed by atoms with Crippen molar-refractivity contribution in [1.29, 1.82) is 0 Å². The van der Waals surface area contributed by atoms with E-state index in [0.29, 0.717) is 12.5 Å². The normalized spacial score (nSPS) is 25.7. The van der Waals surface area contributed by atoms with Crippen LogP contribution in [0.3, 0.4) is 0 Å². The minimum atomic E-state index is -0.0361. The maximum absolute atomic E-state index is 12.2. The molecule has 0 unspecified atom stereocenters. The lowest BCUT2D eigenvalue weighted by Gasteiger charge is -2.35. The van der Waals surface area contributed by atoms with Gasteiger partial charge >= 0.3 is 6.03 Å². The van der Waals surface area contributed by atoms with Crippen molar-refractivity contribution >= 4 is 17.8 Å². The zero-order chi connectivity index (χ0) is 16.3. The number of rotatable bonds is 5. The van der Waals surface area contributed by atoms with Gasteiger partial charge in [-0.15, -0.1) is 0 Å². The minimum Gasteiger partial charge on any atom is -0.381 e. The maximum atomic E-state index is 12.2. The van der Waals surface area contributed by atoms with Crippen molar-refractivity contribution in [2.75, 3.05) is 26.0 Å². The smallest absolute Gasteiger partial charge is 0.315 e. The molecule has 0 bridgehead atoms. The van der Waals surface area contributed by atoms with Gasteiger partial charge in [-0.2, -0.15) is 11.8 Å². The summed E-state index contributed by atoms with van der Waals surface area (Å²) in [6.07, 6.45) is 5.17. The van der Waals surface area contributed by atoms with Crippen LogP contribution in [0, 0.1) is 6.92 Å². The molecule has 1 aromatic rings. The van der Waals surface area contributed by atoms with Crippen LogP contribution < -0.4 is 10.6 Å². The number of ether oxygens (including phenoxy) is 1. The predicted octanol–water partition coefficient (Wildman–Crippen LogP) is 3.06. The van der Waals surface area contributed by atoms with Gasteiger partial charge in [-0.1, -0.05) is 24.3 Å². The molecule has 3 rings (SSSR count). The highest BCUT2D eigenvalue weighted by molar-refractivity contribution is 8.00. The van der Waals surface area contributed by atoms with E-state index in [2.05, 4.69) is 48.1 Å². The van der Waals surface area contributed by atoms with Crippen LogP contribution >= 0.6 is 11.8 Å². The van der Waals surface area contributed by atoms with E-state index < -0.39 is 0 Å². The fourth-order valence-corrected chi connectivity index (χ4v) is 4.15. The molecular weight excluding hydrogens is 308 g/mol. The van der Waals surface area contributed by atoms with Gasteiger partial charge in [-0.25, -0.2) is 4.79 Å². The van der Waals surface area contributed by atoms with E-state index in [1.54, 1.807) is 0 Å². The quantitative estimate of drug-likeness (QED) is 0.870. The van der Waals surface area contributed by atoms with Crippen molar-refractivity contribution in [3.8, 4) is 0 Å². The number of carbonyl (C=O) groups is 1. The van der Waals surface area contributed by atoms with Crippen molar-refractivity contribution in [2.45, 2.75) is 42.9 Å². The van der Waals surface area contributed by atoms with Gasteiger partial charge in [0, 0.05) is 36.5 Å². The average Bonchev–Trinajstić information content (AvgIpc) is 3.33. The van der Waals surface area contributed by atoms with Gasteiger partial charge in [-0.05, 0) is 43.6 Å². The summed E-state index contributed by atoms with van der Waals surface area (Å²) in [7, 11) is 0. The Morgan fingerprint density at radius 1 is 1.35 bits per heavy atom. The van der Waals surface area contributed by atoms with Gasteiger partial charge < -0.3 is 15.4 Å². The SMILES string of the molecule is CSC1(CNC(=O)N[C@H]2C[C@@H]2c2ccccc2C)CCOCC1. The summed E-state index contributed by atoms with van der Waals surface area (Å²) in [6.45, 7) is 4.44. The molecule has 2 atom stereocenters. The standard InChI is InChI=1S/C18H26N2O2S/c1-13-5-3-4-6-14(13)15-11-16(15)20-17(21)19-12-18(23-2)7-9-22-10-8-18/h3-6,15-16H,7-12H2,1-2H3,(H2,19,20,21)/t15-,16+/m1/s1. The maximum Gasteiger partial charge on any atom is 0.315 e. The molecule has 0 aromatic heterocycles. The molecule has 5 heteroatoms. The van der Waals surface area contributed by atoms with Crippen molar-refractivity contribution in [1.82, 2.24) is 10.6 Å². The highest BCUT2D eigenvalue weighted by atomic mass is 32.2. The second kappa shape index (κ2) is 7.14. The van der Waals surface area contributed by atoms with E-state index in [4.69, 9.17) is 4.74 Å². The molecule has 0 spiro atoms. The molecule has 2 fully saturated rings. The minimum absolute atomic E-state index is 0.0361. The Morgan fingerprint density at radius 2 is 2.09 bits per heavy atom. The third kappa shape index (κ3) is 4.01. The van der Waals surface area contributed by atoms with Gasteiger partial charge in [0.15, 0.2) is 0 Å². The highest BCUT2D eigenvalue weighted by Crippen LogP contribution is 2.42.